The average molecular weight is 1140 g/mol. The van der Waals surface area contributed by atoms with Crippen LogP contribution >= 0.6 is 0 Å². The summed E-state index contributed by atoms with van der Waals surface area (Å²) in [6.07, 6.45) is 4.08. The Kier molecular flexibility index (Phi) is 22.0. The van der Waals surface area contributed by atoms with Gasteiger partial charge in [-0.1, -0.05) is 44.2 Å². The topological polar surface area (TPSA) is 453 Å². The molecule has 2 fully saturated rings. The number of para-hydroxylation sites is 1. The first kappa shape index (κ1) is 61.8. The third-order valence-electron chi connectivity index (χ3n) is 13.6. The first-order valence-electron chi connectivity index (χ1n) is 26.5. The Morgan fingerprint density at radius 3 is 1.98 bits per heavy atom. The fraction of sp³-hybridized carbons (Fsp3) is 0.453. The number of likely N-dealkylation sites (tertiary alicyclic amines) is 1. The van der Waals surface area contributed by atoms with Crippen molar-refractivity contribution >= 4 is 81.8 Å². The predicted octanol–water partition coefficient (Wildman–Crippen LogP) is -4.57. The molecule has 4 heterocycles. The van der Waals surface area contributed by atoms with Gasteiger partial charge in [-0.05, 0) is 60.9 Å². The van der Waals surface area contributed by atoms with Crippen molar-refractivity contribution in [3.8, 4) is 5.75 Å². The fourth-order valence-electron chi connectivity index (χ4n) is 9.43. The molecule has 17 N–H and O–H groups in total. The van der Waals surface area contributed by atoms with E-state index in [1.54, 1.807) is 44.3 Å². The number of aromatic amines is 2. The number of nitrogens with two attached hydrogens (primary N) is 2. The Morgan fingerprint density at radius 1 is 0.695 bits per heavy atom. The van der Waals surface area contributed by atoms with Crippen LogP contribution in [-0.4, -0.2) is 176 Å². The van der Waals surface area contributed by atoms with Crippen LogP contribution in [0.4, 0.5) is 0 Å². The Morgan fingerprint density at radius 2 is 1.34 bits per heavy atom. The fourth-order valence-corrected chi connectivity index (χ4v) is 9.43. The van der Waals surface area contributed by atoms with E-state index in [1.807, 2.05) is 0 Å². The van der Waals surface area contributed by atoms with Gasteiger partial charge in [-0.2, -0.15) is 0 Å². The Labute approximate surface area is 469 Å². The first-order valence-corrected chi connectivity index (χ1v) is 26.5. The Hall–Kier alpha value is -9.41. The van der Waals surface area contributed by atoms with Crippen LogP contribution in [0.15, 0.2) is 67.3 Å². The summed E-state index contributed by atoms with van der Waals surface area (Å²) < 4.78 is 0. The number of amides is 12. The van der Waals surface area contributed by atoms with Crippen molar-refractivity contribution in [1.29, 1.82) is 0 Å². The number of carbonyl (C=O) groups excluding carboxylic acids is 12. The summed E-state index contributed by atoms with van der Waals surface area (Å²) in [5, 5.41) is 43.9. The Bertz CT molecular complexity index is 2980. The third-order valence-corrected chi connectivity index (χ3v) is 13.6. The molecule has 2 aromatic carbocycles. The van der Waals surface area contributed by atoms with Crippen LogP contribution in [0.25, 0.3) is 10.9 Å². The molecular formula is C53H69N15O14. The lowest BCUT2D eigenvalue weighted by Crippen LogP contribution is -2.60. The van der Waals surface area contributed by atoms with E-state index in [4.69, 9.17) is 11.5 Å². The number of nitrogens with zero attached hydrogens (tertiary/aromatic N) is 2. The van der Waals surface area contributed by atoms with Crippen molar-refractivity contribution in [3.63, 3.8) is 0 Å². The number of phenols is 1. The van der Waals surface area contributed by atoms with Crippen LogP contribution in [0, 0.1) is 5.92 Å². The molecule has 2 aliphatic heterocycles. The molecular weight excluding hydrogens is 1070 g/mol. The number of aliphatic hydroxyl groups excluding tert-OH is 1. The predicted molar refractivity (Wildman–Crippen MR) is 289 cm³/mol. The zero-order chi connectivity index (χ0) is 59.6. The summed E-state index contributed by atoms with van der Waals surface area (Å²) in [5.41, 5.74) is 12.7. The molecule has 12 amide bonds. The number of carbonyl (C=O) groups is 12. The van der Waals surface area contributed by atoms with E-state index in [-0.39, 0.29) is 69.1 Å². The zero-order valence-electron chi connectivity index (χ0n) is 45.1. The molecule has 0 unspecified atom stereocenters. The number of rotatable bonds is 29. The minimum Gasteiger partial charge on any atom is -0.508 e. The van der Waals surface area contributed by atoms with E-state index in [2.05, 4.69) is 62.8 Å². The molecule has 4 aromatic rings. The highest BCUT2D eigenvalue weighted by molar-refractivity contribution is 6.00. The molecule has 2 saturated heterocycles. The number of aromatic hydroxyl groups is 1. The molecule has 0 radical (unpaired) electrons. The molecule has 2 aromatic heterocycles. The van der Waals surface area contributed by atoms with E-state index in [1.165, 1.54) is 36.8 Å². The van der Waals surface area contributed by atoms with Gasteiger partial charge in [0.25, 0.3) is 0 Å². The molecule has 0 bridgehead atoms. The van der Waals surface area contributed by atoms with E-state index in [0.29, 0.717) is 34.1 Å². The lowest BCUT2D eigenvalue weighted by atomic mass is 10.0. The second kappa shape index (κ2) is 29.2. The number of benzene rings is 2. The molecule has 29 nitrogen and oxygen atoms in total. The molecule has 2 aliphatic rings. The normalized spacial score (nSPS) is 17.0. The van der Waals surface area contributed by atoms with Crippen LogP contribution in [0.1, 0.15) is 69.2 Å². The van der Waals surface area contributed by atoms with Crippen LogP contribution in [0.3, 0.4) is 0 Å². The molecule has 0 aliphatic carbocycles. The Balaban J connectivity index is 1.15. The summed E-state index contributed by atoms with van der Waals surface area (Å²) in [4.78, 5) is 171. The summed E-state index contributed by atoms with van der Waals surface area (Å²) in [7, 11) is 0. The van der Waals surface area contributed by atoms with Crippen LogP contribution in [0.2, 0.25) is 0 Å². The lowest BCUT2D eigenvalue weighted by Gasteiger charge is -2.29. The van der Waals surface area contributed by atoms with E-state index >= 15 is 0 Å². The van der Waals surface area contributed by atoms with E-state index < -0.39 is 139 Å². The largest absolute Gasteiger partial charge is 0.508 e. The lowest BCUT2D eigenvalue weighted by molar-refractivity contribution is -0.143. The first-order chi connectivity index (χ1) is 39.1. The number of aromatic nitrogens is 3. The molecule has 82 heavy (non-hydrogen) atoms. The minimum atomic E-state index is -1.77. The van der Waals surface area contributed by atoms with Gasteiger partial charge in [0.2, 0.25) is 70.9 Å². The summed E-state index contributed by atoms with van der Waals surface area (Å²) in [6.45, 7) is 1.25. The van der Waals surface area contributed by atoms with Gasteiger partial charge in [0.1, 0.15) is 54.1 Å². The maximum Gasteiger partial charge on any atom is 0.246 e. The number of nitrogens with one attached hydrogen (secondary N) is 11. The van der Waals surface area contributed by atoms with Crippen molar-refractivity contribution in [2.75, 3.05) is 26.2 Å². The second-order valence-corrected chi connectivity index (χ2v) is 20.4. The number of fused-ring (bicyclic) bond motifs is 1. The number of primary amides is 2. The number of H-pyrrole nitrogens is 2. The van der Waals surface area contributed by atoms with E-state index in [0.717, 1.165) is 4.90 Å². The number of phenolic OH excluding ortho intramolecular Hbond substituents is 1. The van der Waals surface area contributed by atoms with Gasteiger partial charge >= 0.3 is 0 Å². The maximum absolute atomic E-state index is 14.4. The molecule has 8 atom stereocenters. The molecule has 6 rings (SSSR count). The molecule has 0 saturated carbocycles. The number of hydrogen-bond donors (Lipinski definition) is 15. The van der Waals surface area contributed by atoms with Crippen molar-refractivity contribution < 1.29 is 67.7 Å². The van der Waals surface area contributed by atoms with Crippen molar-refractivity contribution in [1.82, 2.24) is 67.7 Å². The standard InChI is InChI=1S/C53H69N15O14/c1-27(2)16-35(48(77)66-39(20-42(54)71)53(82)68-15-5-8-41(68)52(81)58-23-43(55)72)62-45(74)24-59-46(75)36(17-28-9-11-31(70)12-10-28)63-51(80)40(25-69)67-49(78)37(18-29-21-57-33-7-4-3-6-32(29)33)64-50(79)38(19-30-22-56-26-60-30)65-47(76)34-13-14-44(73)61-34/h3-4,6-7,9-12,21-22,26-27,34-41,57,69-70H,5,8,13-20,23-25H2,1-2H3,(H2,54,71)(H2,55,72)(H,56,60)(H,58,81)(H,59,75)(H,61,73)(H,62,74)(H,63,80)(H,64,79)(H,65,76)(H,66,77)(H,67,78)/t34-,35-,36-,37-,38-,39-,40-,41-/m0/s1. The maximum atomic E-state index is 14.4. The zero-order valence-corrected chi connectivity index (χ0v) is 45.1. The van der Waals surface area contributed by atoms with Gasteiger partial charge in [0.05, 0.1) is 32.4 Å². The van der Waals surface area contributed by atoms with Gasteiger partial charge in [0.15, 0.2) is 0 Å². The van der Waals surface area contributed by atoms with Gasteiger partial charge in [-0.3, -0.25) is 57.5 Å². The van der Waals surface area contributed by atoms with Crippen LogP contribution in [-0.2, 0) is 76.8 Å². The molecule has 0 spiro atoms. The number of imidazole rings is 1. The van der Waals surface area contributed by atoms with Crippen molar-refractivity contribution in [2.45, 2.75) is 120 Å². The van der Waals surface area contributed by atoms with Crippen LogP contribution < -0.4 is 59.3 Å². The van der Waals surface area contributed by atoms with Gasteiger partial charge in [0, 0.05) is 61.2 Å². The number of hydrogen-bond acceptors (Lipinski definition) is 15. The smallest absolute Gasteiger partial charge is 0.246 e. The average Bonchev–Trinajstić information content (AvgIpc) is 4.40. The highest BCUT2D eigenvalue weighted by atomic mass is 16.3. The van der Waals surface area contributed by atoms with Crippen molar-refractivity contribution in [3.05, 3.63) is 84.1 Å². The van der Waals surface area contributed by atoms with Crippen LogP contribution in [0.5, 0.6) is 5.75 Å². The van der Waals surface area contributed by atoms with Gasteiger partial charge in [-0.25, -0.2) is 4.98 Å². The second-order valence-electron chi connectivity index (χ2n) is 20.4. The summed E-state index contributed by atoms with van der Waals surface area (Å²) in [5.74, 6) is -10.3. The quantitative estimate of drug-likeness (QED) is 0.0244. The summed E-state index contributed by atoms with van der Waals surface area (Å²) >= 11 is 0. The van der Waals surface area contributed by atoms with Gasteiger partial charge < -0.3 is 84.4 Å². The highest BCUT2D eigenvalue weighted by Crippen LogP contribution is 2.22. The third kappa shape index (κ3) is 17.8. The highest BCUT2D eigenvalue weighted by Gasteiger charge is 2.40. The monoisotopic (exact) mass is 1140 g/mol. The molecule has 29 heteroatoms. The number of aliphatic hydroxyl groups is 1. The summed E-state index contributed by atoms with van der Waals surface area (Å²) in [6, 6.07) is 1.72. The SMILES string of the molecule is CC(C)C[C@H](NC(=O)CNC(=O)[C@H](Cc1ccc(O)cc1)NC(=O)[C@H](CO)NC(=O)[C@H](Cc1c[nH]c2ccccc12)NC(=O)[C@H](Cc1cnc[nH]1)NC(=O)[C@@H]1CCC(=O)N1)C(=O)N[C@@H](CC(N)=O)C(=O)N1CCC[C@H]1C(=O)NCC(N)=O. The van der Waals surface area contributed by atoms with Crippen molar-refractivity contribution in [2.24, 2.45) is 17.4 Å². The minimum absolute atomic E-state index is 0.00534. The molecule has 440 valence electrons. The van der Waals surface area contributed by atoms with Gasteiger partial charge in [-0.15, -0.1) is 0 Å². The van der Waals surface area contributed by atoms with E-state index in [9.17, 15) is 67.7 Å².